The van der Waals surface area contributed by atoms with Crippen LogP contribution in [0, 0.1) is 0 Å². The SMILES string of the molecule is CCCCCCCCCCCCCCCC(N)=O.COS(=O)(=O)[O-].C[N+](C)(C)CCCN. The van der Waals surface area contributed by atoms with E-state index >= 15 is 0 Å². The molecule has 0 aliphatic carbocycles. The van der Waals surface area contributed by atoms with Crippen LogP contribution in [0.15, 0.2) is 0 Å². The molecule has 0 spiro atoms. The van der Waals surface area contributed by atoms with Crippen LogP contribution in [0.5, 0.6) is 0 Å². The Hall–Kier alpha value is -0.740. The molecule has 0 aromatic carbocycles. The molecule has 0 rings (SSSR count). The summed E-state index contributed by atoms with van der Waals surface area (Å²) in [5, 5.41) is 0. The minimum atomic E-state index is -4.41. The smallest absolute Gasteiger partial charge is 0.217 e. The molecule has 0 aliphatic rings. The molecule has 0 heterocycles. The molecular weight excluding hydrogens is 430 g/mol. The van der Waals surface area contributed by atoms with E-state index in [1.54, 1.807) is 0 Å². The molecule has 0 aromatic heterocycles. The van der Waals surface area contributed by atoms with Crippen molar-refractivity contribution in [1.29, 1.82) is 0 Å². The molecule has 0 aromatic rings. The number of hydrogen-bond acceptors (Lipinski definition) is 6. The van der Waals surface area contributed by atoms with Gasteiger partial charge in [0.05, 0.1) is 34.8 Å². The third kappa shape index (κ3) is 47.2. The van der Waals surface area contributed by atoms with E-state index in [2.05, 4.69) is 32.2 Å². The Bertz CT molecular complexity index is 494. The summed E-state index contributed by atoms with van der Waals surface area (Å²) in [5.74, 6) is -0.155. The summed E-state index contributed by atoms with van der Waals surface area (Å²) in [6.45, 7) is 4.26. The predicted octanol–water partition coefficient (Wildman–Crippen LogP) is 4.09. The molecule has 32 heavy (non-hydrogen) atoms. The van der Waals surface area contributed by atoms with E-state index in [4.69, 9.17) is 11.5 Å². The zero-order valence-corrected chi connectivity index (χ0v) is 22.4. The van der Waals surface area contributed by atoms with Crippen LogP contribution in [0.1, 0.15) is 103 Å². The van der Waals surface area contributed by atoms with E-state index in [0.717, 1.165) is 31.0 Å². The van der Waals surface area contributed by atoms with Gasteiger partial charge in [-0.3, -0.25) is 8.98 Å². The number of amides is 1. The molecule has 0 saturated heterocycles. The maximum Gasteiger partial charge on any atom is 0.217 e. The van der Waals surface area contributed by atoms with E-state index in [-0.39, 0.29) is 5.91 Å². The highest BCUT2D eigenvalue weighted by atomic mass is 32.3. The Morgan fingerprint density at radius 3 is 1.38 bits per heavy atom. The maximum atomic E-state index is 10.5. The van der Waals surface area contributed by atoms with Gasteiger partial charge in [0.1, 0.15) is 0 Å². The van der Waals surface area contributed by atoms with Crippen molar-refractivity contribution < 1.29 is 26.4 Å². The van der Waals surface area contributed by atoms with Crippen molar-refractivity contribution in [3.05, 3.63) is 0 Å². The van der Waals surface area contributed by atoms with Crippen LogP contribution in [0.25, 0.3) is 0 Å². The Balaban J connectivity index is -0.000000492. The summed E-state index contributed by atoms with van der Waals surface area (Å²) in [6, 6.07) is 0. The van der Waals surface area contributed by atoms with Crippen molar-refractivity contribution in [2.45, 2.75) is 103 Å². The van der Waals surface area contributed by atoms with E-state index < -0.39 is 10.4 Å². The van der Waals surface area contributed by atoms with E-state index in [1.807, 2.05) is 0 Å². The van der Waals surface area contributed by atoms with Gasteiger partial charge < -0.3 is 20.5 Å². The van der Waals surface area contributed by atoms with Crippen molar-refractivity contribution in [2.75, 3.05) is 41.3 Å². The van der Waals surface area contributed by atoms with Gasteiger partial charge in [-0.15, -0.1) is 0 Å². The van der Waals surface area contributed by atoms with Gasteiger partial charge in [0, 0.05) is 12.8 Å². The number of quaternary nitrogens is 1. The van der Waals surface area contributed by atoms with E-state index in [9.17, 15) is 17.8 Å². The normalized spacial score (nSPS) is 11.2. The fraction of sp³-hybridized carbons (Fsp3) is 0.957. The first kappa shape index (κ1) is 35.8. The summed E-state index contributed by atoms with van der Waals surface area (Å²) in [6.07, 6.45) is 19.1. The third-order valence-electron chi connectivity index (χ3n) is 4.76. The van der Waals surface area contributed by atoms with Gasteiger partial charge in [-0.05, 0) is 13.0 Å². The van der Waals surface area contributed by atoms with E-state index in [1.165, 1.54) is 83.6 Å². The first-order valence-corrected chi connectivity index (χ1v) is 13.5. The number of nitrogens with zero attached hydrogens (tertiary/aromatic N) is 1. The Kier molecular flexibility index (Phi) is 27.9. The highest BCUT2D eigenvalue weighted by Crippen LogP contribution is 2.12. The minimum Gasteiger partial charge on any atom is -0.726 e. The average molecular weight is 484 g/mol. The highest BCUT2D eigenvalue weighted by Gasteiger charge is 2.03. The maximum absolute atomic E-state index is 10.5. The zero-order chi connectivity index (χ0) is 25.3. The van der Waals surface area contributed by atoms with Crippen LogP contribution in [0.3, 0.4) is 0 Å². The number of carbonyl (C=O) groups excluding carboxylic acids is 1. The molecule has 1 amide bonds. The van der Waals surface area contributed by atoms with Crippen molar-refractivity contribution in [2.24, 2.45) is 11.5 Å². The van der Waals surface area contributed by atoms with Crippen LogP contribution >= 0.6 is 0 Å². The quantitative estimate of drug-likeness (QED) is 0.130. The summed E-state index contributed by atoms with van der Waals surface area (Å²) in [5.41, 5.74) is 10.4. The topological polar surface area (TPSA) is 136 Å². The largest absolute Gasteiger partial charge is 0.726 e. The summed E-state index contributed by atoms with van der Waals surface area (Å²) in [7, 11) is 2.92. The number of primary amides is 1. The fourth-order valence-corrected chi connectivity index (χ4v) is 2.88. The molecular formula is C23H53N3O5S. The number of hydrogen-bond donors (Lipinski definition) is 2. The number of carbonyl (C=O) groups is 1. The summed E-state index contributed by atoms with van der Waals surface area (Å²) in [4.78, 5) is 10.5. The number of nitrogens with two attached hydrogens (primary N) is 2. The Morgan fingerprint density at radius 1 is 0.812 bits per heavy atom. The lowest BCUT2D eigenvalue weighted by atomic mass is 10.0. The van der Waals surface area contributed by atoms with E-state index in [0.29, 0.717) is 6.42 Å². The first-order chi connectivity index (χ1) is 14.9. The molecule has 0 aliphatic heterocycles. The highest BCUT2D eigenvalue weighted by molar-refractivity contribution is 7.80. The molecule has 8 nitrogen and oxygen atoms in total. The second-order valence-electron chi connectivity index (χ2n) is 9.19. The molecule has 0 radical (unpaired) electrons. The Labute approximate surface area is 199 Å². The Morgan fingerprint density at radius 2 is 1.16 bits per heavy atom. The molecule has 0 unspecified atom stereocenters. The van der Waals surface area contributed by atoms with Gasteiger partial charge in [0.2, 0.25) is 16.3 Å². The lowest BCUT2D eigenvalue weighted by Gasteiger charge is -2.23. The predicted molar refractivity (Wildman–Crippen MR) is 133 cm³/mol. The standard InChI is InChI=1S/C16H33NO.C6H17N2.CH4O4S/c1-2-3-4-5-6-7-8-9-10-11-12-13-14-15-16(17)18;1-8(2,3)6-4-5-7;1-5-6(2,3)4/h2-15H2,1H3,(H2,17,18);4-7H2,1-3H3;1H3,(H,2,3,4)/q;+1;/p-1. The third-order valence-corrected chi connectivity index (χ3v) is 5.17. The lowest BCUT2D eigenvalue weighted by Crippen LogP contribution is -2.36. The molecule has 196 valence electrons. The molecule has 0 saturated carbocycles. The minimum absolute atomic E-state index is 0.155. The molecule has 0 atom stereocenters. The van der Waals surface area contributed by atoms with Gasteiger partial charge in [0.25, 0.3) is 0 Å². The van der Waals surface area contributed by atoms with Crippen LogP contribution in [-0.4, -0.2) is 64.7 Å². The fourth-order valence-electron chi connectivity index (χ4n) is 2.88. The van der Waals surface area contributed by atoms with Gasteiger partial charge >= 0.3 is 0 Å². The molecule has 9 heteroatoms. The first-order valence-electron chi connectivity index (χ1n) is 12.2. The summed E-state index contributed by atoms with van der Waals surface area (Å²) < 4.78 is 32.0. The van der Waals surface area contributed by atoms with Gasteiger partial charge in [0.15, 0.2) is 0 Å². The van der Waals surface area contributed by atoms with Crippen molar-refractivity contribution >= 4 is 16.3 Å². The zero-order valence-electron chi connectivity index (χ0n) is 21.6. The van der Waals surface area contributed by atoms with Gasteiger partial charge in [-0.1, -0.05) is 84.0 Å². The van der Waals surface area contributed by atoms with Crippen LogP contribution in [0.2, 0.25) is 0 Å². The summed E-state index contributed by atoms with van der Waals surface area (Å²) >= 11 is 0. The van der Waals surface area contributed by atoms with Gasteiger partial charge in [-0.25, -0.2) is 8.42 Å². The van der Waals surface area contributed by atoms with Crippen molar-refractivity contribution in [3.8, 4) is 0 Å². The van der Waals surface area contributed by atoms with Crippen LogP contribution in [0.4, 0.5) is 0 Å². The lowest BCUT2D eigenvalue weighted by molar-refractivity contribution is -0.870. The van der Waals surface area contributed by atoms with Crippen molar-refractivity contribution in [1.82, 2.24) is 0 Å². The molecule has 0 bridgehead atoms. The number of unbranched alkanes of at least 4 members (excludes halogenated alkanes) is 12. The second kappa shape index (κ2) is 24.9. The monoisotopic (exact) mass is 483 g/mol. The molecule has 4 N–H and O–H groups in total. The van der Waals surface area contributed by atoms with Crippen LogP contribution < -0.4 is 11.5 Å². The van der Waals surface area contributed by atoms with Gasteiger partial charge in [-0.2, -0.15) is 0 Å². The van der Waals surface area contributed by atoms with Crippen molar-refractivity contribution in [3.63, 3.8) is 0 Å². The number of rotatable bonds is 18. The average Bonchev–Trinajstić information content (AvgIpc) is 2.69. The van der Waals surface area contributed by atoms with Crippen LogP contribution in [-0.2, 0) is 19.4 Å². The second-order valence-corrected chi connectivity index (χ2v) is 10.3. The molecule has 0 fully saturated rings.